The van der Waals surface area contributed by atoms with Gasteiger partial charge in [-0.2, -0.15) is 0 Å². The molecule has 3 N–H and O–H groups in total. The first kappa shape index (κ1) is 31.0. The molecule has 1 aromatic heterocycles. The van der Waals surface area contributed by atoms with Crippen LogP contribution in [0.4, 0.5) is 20.2 Å². The number of anilines is 2. The lowest BCUT2D eigenvalue weighted by atomic mass is 9.83. The van der Waals surface area contributed by atoms with Crippen LogP contribution in [0.15, 0.2) is 59.0 Å². The van der Waals surface area contributed by atoms with Gasteiger partial charge in [0.1, 0.15) is 28.6 Å². The Balaban J connectivity index is 1.62. The number of sulfonamides is 1. The van der Waals surface area contributed by atoms with Gasteiger partial charge in [-0.25, -0.2) is 17.2 Å². The van der Waals surface area contributed by atoms with Crippen LogP contribution >= 0.6 is 0 Å². The Kier molecular flexibility index (Phi) is 8.36. The average molecular weight is 627 g/mol. The van der Waals surface area contributed by atoms with Crippen molar-refractivity contribution >= 4 is 44.2 Å². The third kappa shape index (κ3) is 5.72. The largest absolute Gasteiger partial charge is 0.506 e. The molecule has 44 heavy (non-hydrogen) atoms. The van der Waals surface area contributed by atoms with Crippen molar-refractivity contribution in [3.05, 3.63) is 77.4 Å². The molecule has 13 heteroatoms. The maximum absolute atomic E-state index is 14.6. The number of piperidine rings is 1. The Labute approximate surface area is 253 Å². The first-order valence-corrected chi connectivity index (χ1v) is 15.6. The van der Waals surface area contributed by atoms with Crippen LogP contribution in [0.2, 0.25) is 0 Å². The molecule has 3 aromatic carbocycles. The topological polar surface area (TPSA) is 132 Å². The molecule has 2 unspecified atom stereocenters. The second kappa shape index (κ2) is 11.9. The lowest BCUT2D eigenvalue weighted by Crippen LogP contribution is -2.44. The minimum atomic E-state index is -3.75. The third-order valence-corrected chi connectivity index (χ3v) is 9.20. The molecular weight excluding hydrogens is 594 g/mol. The van der Waals surface area contributed by atoms with Gasteiger partial charge >= 0.3 is 0 Å². The highest BCUT2D eigenvalue weighted by Crippen LogP contribution is 2.42. The number of nitrogens with one attached hydrogen (secondary N) is 2. The van der Waals surface area contributed by atoms with Gasteiger partial charge in [-0.15, -0.1) is 0 Å². The smallest absolute Gasteiger partial charge is 0.255 e. The van der Waals surface area contributed by atoms with Gasteiger partial charge < -0.3 is 25.1 Å². The number of para-hydroxylation sites is 1. The van der Waals surface area contributed by atoms with E-state index in [1.54, 1.807) is 12.1 Å². The van der Waals surface area contributed by atoms with Crippen LogP contribution in [0.5, 0.6) is 5.75 Å². The van der Waals surface area contributed by atoms with Crippen LogP contribution in [0.25, 0.3) is 22.3 Å². The summed E-state index contributed by atoms with van der Waals surface area (Å²) in [5.41, 5.74) is 1.48. The Morgan fingerprint density at radius 2 is 1.77 bits per heavy atom. The van der Waals surface area contributed by atoms with E-state index in [9.17, 15) is 31.9 Å². The molecule has 2 atom stereocenters. The van der Waals surface area contributed by atoms with Crippen LogP contribution in [0.3, 0.4) is 0 Å². The molecule has 2 heterocycles. The van der Waals surface area contributed by atoms with E-state index in [2.05, 4.69) is 10.6 Å². The zero-order valence-electron chi connectivity index (χ0n) is 24.5. The Bertz CT molecular complexity index is 1840. The van der Waals surface area contributed by atoms with Gasteiger partial charge in [-0.1, -0.05) is 6.07 Å². The molecule has 0 aliphatic carbocycles. The van der Waals surface area contributed by atoms with Crippen LogP contribution in [0, 0.1) is 17.6 Å². The second-order valence-electron chi connectivity index (χ2n) is 10.8. The summed E-state index contributed by atoms with van der Waals surface area (Å²) < 4.78 is 60.9. The molecule has 10 nitrogen and oxygen atoms in total. The summed E-state index contributed by atoms with van der Waals surface area (Å²) in [4.78, 5) is 27.8. The van der Waals surface area contributed by atoms with Crippen molar-refractivity contribution in [3.8, 4) is 17.1 Å². The van der Waals surface area contributed by atoms with Crippen molar-refractivity contribution in [2.45, 2.75) is 12.3 Å². The summed E-state index contributed by atoms with van der Waals surface area (Å²) in [6.45, 7) is 0.658. The fraction of sp³-hybridized carbons (Fsp3) is 0.290. The molecule has 0 radical (unpaired) electrons. The van der Waals surface area contributed by atoms with Gasteiger partial charge in [-0.05, 0) is 60.4 Å². The van der Waals surface area contributed by atoms with Crippen LogP contribution < -0.4 is 19.8 Å². The van der Waals surface area contributed by atoms with Crippen LogP contribution in [-0.2, 0) is 14.8 Å². The molecular formula is C31H32F2N4O6S. The number of rotatable bonds is 7. The quantitative estimate of drug-likeness (QED) is 0.280. The molecule has 5 rings (SSSR count). The maximum atomic E-state index is 14.6. The minimum absolute atomic E-state index is 0.186. The number of furan rings is 1. The first-order chi connectivity index (χ1) is 20.8. The van der Waals surface area contributed by atoms with E-state index < -0.39 is 45.3 Å². The molecule has 1 aliphatic heterocycles. The standard InChI is InChI=1S/C31H32F2N4O6S/c1-34-30(39)27-22-13-21(18-12-19(16-35-15-18)31(40)36(2)28-23(33)6-5-7-25(28)38)24(37(3)44(4,41)42)14-26(22)43-29(27)17-8-10-20(32)11-9-17/h5-11,13-14,18-19,35,38H,12,15-16H2,1-4H3,(H,34,39). The second-order valence-corrected chi connectivity index (χ2v) is 12.8. The van der Waals surface area contributed by atoms with Crippen molar-refractivity contribution in [1.29, 1.82) is 0 Å². The van der Waals surface area contributed by atoms with Gasteiger partial charge in [0.2, 0.25) is 15.9 Å². The predicted octanol–water partition coefficient (Wildman–Crippen LogP) is 4.20. The highest BCUT2D eigenvalue weighted by atomic mass is 32.2. The Morgan fingerprint density at radius 1 is 1.07 bits per heavy atom. The van der Waals surface area contributed by atoms with Gasteiger partial charge in [-0.3, -0.25) is 13.9 Å². The zero-order valence-corrected chi connectivity index (χ0v) is 25.3. The number of benzene rings is 3. The van der Waals surface area contributed by atoms with Crippen molar-refractivity contribution < 1.29 is 36.3 Å². The monoisotopic (exact) mass is 626 g/mol. The van der Waals surface area contributed by atoms with Gasteiger partial charge in [0, 0.05) is 51.2 Å². The number of hydrogen-bond donors (Lipinski definition) is 3. The third-order valence-electron chi connectivity index (χ3n) is 8.01. The maximum Gasteiger partial charge on any atom is 0.255 e. The van der Waals surface area contributed by atoms with E-state index in [4.69, 9.17) is 4.42 Å². The minimum Gasteiger partial charge on any atom is -0.506 e. The Morgan fingerprint density at radius 3 is 2.41 bits per heavy atom. The number of amides is 2. The van der Waals surface area contributed by atoms with Crippen molar-refractivity contribution in [2.75, 3.05) is 49.7 Å². The van der Waals surface area contributed by atoms with Crippen molar-refractivity contribution in [3.63, 3.8) is 0 Å². The Hall–Kier alpha value is -4.49. The molecule has 4 aromatic rings. The number of phenolic OH excluding ortho intramolecular Hbond substituents is 1. The van der Waals surface area contributed by atoms with Gasteiger partial charge in [0.05, 0.1) is 23.4 Å². The van der Waals surface area contributed by atoms with Crippen LogP contribution in [-0.4, -0.2) is 65.8 Å². The summed E-state index contributed by atoms with van der Waals surface area (Å²) in [7, 11) is 0.502. The van der Waals surface area contributed by atoms with Crippen LogP contribution in [0.1, 0.15) is 28.3 Å². The summed E-state index contributed by atoms with van der Waals surface area (Å²) in [6, 6.07) is 12.5. The van der Waals surface area contributed by atoms with Crippen molar-refractivity contribution in [2.24, 2.45) is 5.92 Å². The molecule has 0 saturated carbocycles. The van der Waals surface area contributed by atoms with E-state index in [1.165, 1.54) is 57.5 Å². The zero-order chi connectivity index (χ0) is 31.9. The number of aromatic hydroxyl groups is 1. The number of nitrogens with zero attached hydrogens (tertiary/aromatic N) is 2. The summed E-state index contributed by atoms with van der Waals surface area (Å²) in [5, 5.41) is 16.5. The van der Waals surface area contributed by atoms with E-state index >= 15 is 0 Å². The first-order valence-electron chi connectivity index (χ1n) is 13.8. The number of halogens is 2. The molecule has 2 amide bonds. The fourth-order valence-corrected chi connectivity index (χ4v) is 6.18. The summed E-state index contributed by atoms with van der Waals surface area (Å²) >= 11 is 0. The SMILES string of the molecule is CNC(=O)c1c(-c2ccc(F)cc2)oc2cc(N(C)S(C)(=O)=O)c(C3CNCC(C(=O)N(C)c4c(O)cccc4F)C3)cc12. The number of phenols is 1. The fourth-order valence-electron chi connectivity index (χ4n) is 5.67. The number of carbonyl (C=O) groups excluding carboxylic acids is 2. The molecule has 0 spiro atoms. The van der Waals surface area contributed by atoms with E-state index in [0.29, 0.717) is 28.7 Å². The van der Waals surface area contributed by atoms with E-state index in [-0.39, 0.29) is 41.3 Å². The highest BCUT2D eigenvalue weighted by molar-refractivity contribution is 7.92. The number of hydrogen-bond acceptors (Lipinski definition) is 7. The molecule has 1 fully saturated rings. The lowest BCUT2D eigenvalue weighted by Gasteiger charge is -2.34. The molecule has 1 aliphatic rings. The predicted molar refractivity (Wildman–Crippen MR) is 163 cm³/mol. The molecule has 1 saturated heterocycles. The van der Waals surface area contributed by atoms with Crippen molar-refractivity contribution in [1.82, 2.24) is 10.6 Å². The van der Waals surface area contributed by atoms with E-state index in [1.807, 2.05) is 0 Å². The summed E-state index contributed by atoms with van der Waals surface area (Å²) in [5.74, 6) is -3.35. The number of fused-ring (bicyclic) bond motifs is 1. The number of carbonyl (C=O) groups is 2. The highest BCUT2D eigenvalue weighted by Gasteiger charge is 2.35. The van der Waals surface area contributed by atoms with E-state index in [0.717, 1.165) is 21.5 Å². The lowest BCUT2D eigenvalue weighted by molar-refractivity contribution is -0.122. The average Bonchev–Trinajstić information content (AvgIpc) is 3.37. The van der Waals surface area contributed by atoms with Gasteiger partial charge in [0.25, 0.3) is 5.91 Å². The molecule has 232 valence electrons. The molecule has 0 bridgehead atoms. The normalized spacial score (nSPS) is 17.0. The summed E-state index contributed by atoms with van der Waals surface area (Å²) in [6.07, 6.45) is 1.32. The van der Waals surface area contributed by atoms with Gasteiger partial charge in [0.15, 0.2) is 5.82 Å².